The number of rotatable bonds is 6. The first-order valence-electron chi connectivity index (χ1n) is 7.16. The summed E-state index contributed by atoms with van der Waals surface area (Å²) in [6, 6.07) is 17.6. The molecule has 0 aliphatic heterocycles. The second kappa shape index (κ2) is 6.74. The molecular formula is C18H23NO2. The third-order valence-corrected chi connectivity index (χ3v) is 3.74. The van der Waals surface area contributed by atoms with Crippen molar-refractivity contribution in [2.24, 2.45) is 11.1 Å². The van der Waals surface area contributed by atoms with Gasteiger partial charge in [-0.05, 0) is 23.3 Å². The van der Waals surface area contributed by atoms with Crippen LogP contribution in [-0.2, 0) is 6.61 Å². The summed E-state index contributed by atoms with van der Waals surface area (Å²) in [6.07, 6.45) is 0. The monoisotopic (exact) mass is 285 g/mol. The van der Waals surface area contributed by atoms with Crippen molar-refractivity contribution in [3.63, 3.8) is 0 Å². The maximum absolute atomic E-state index is 9.39. The van der Waals surface area contributed by atoms with E-state index < -0.39 is 0 Å². The zero-order valence-electron chi connectivity index (χ0n) is 12.6. The molecule has 3 nitrogen and oxygen atoms in total. The summed E-state index contributed by atoms with van der Waals surface area (Å²) in [5, 5.41) is 9.39. The van der Waals surface area contributed by atoms with Gasteiger partial charge in [-0.3, -0.25) is 0 Å². The van der Waals surface area contributed by atoms with Crippen molar-refractivity contribution in [2.45, 2.75) is 26.5 Å². The van der Waals surface area contributed by atoms with Gasteiger partial charge in [0.05, 0.1) is 0 Å². The maximum atomic E-state index is 9.39. The Hall–Kier alpha value is -1.84. The first kappa shape index (κ1) is 15.5. The van der Waals surface area contributed by atoms with Crippen molar-refractivity contribution in [2.75, 3.05) is 6.61 Å². The van der Waals surface area contributed by atoms with Gasteiger partial charge < -0.3 is 15.6 Å². The van der Waals surface area contributed by atoms with Gasteiger partial charge in [0.1, 0.15) is 12.4 Å². The highest BCUT2D eigenvalue weighted by Gasteiger charge is 2.26. The number of benzene rings is 2. The van der Waals surface area contributed by atoms with Crippen molar-refractivity contribution in [3.8, 4) is 5.75 Å². The Morgan fingerprint density at radius 1 is 1.05 bits per heavy atom. The number of hydrogen-bond acceptors (Lipinski definition) is 3. The highest BCUT2D eigenvalue weighted by molar-refractivity contribution is 5.30. The molecule has 0 bridgehead atoms. The fourth-order valence-corrected chi connectivity index (χ4v) is 2.06. The molecule has 1 atom stereocenters. The Morgan fingerprint density at radius 3 is 2.24 bits per heavy atom. The predicted molar refractivity (Wildman–Crippen MR) is 85.0 cm³/mol. The summed E-state index contributed by atoms with van der Waals surface area (Å²) in [6.45, 7) is 4.52. The van der Waals surface area contributed by atoms with Crippen LogP contribution in [-0.4, -0.2) is 11.7 Å². The van der Waals surface area contributed by atoms with E-state index in [1.54, 1.807) is 0 Å². The molecule has 3 heteroatoms. The summed E-state index contributed by atoms with van der Waals surface area (Å²) in [5.74, 6) is 0.816. The molecule has 0 saturated carbocycles. The Kier molecular flexibility index (Phi) is 4.99. The minimum atomic E-state index is -0.341. The van der Waals surface area contributed by atoms with Gasteiger partial charge in [0.25, 0.3) is 0 Å². The summed E-state index contributed by atoms with van der Waals surface area (Å²) >= 11 is 0. The number of aliphatic hydroxyl groups excluding tert-OH is 1. The molecule has 0 fully saturated rings. The quantitative estimate of drug-likeness (QED) is 0.856. The number of aliphatic hydroxyl groups is 1. The second-order valence-electron chi connectivity index (χ2n) is 5.97. The van der Waals surface area contributed by atoms with Crippen molar-refractivity contribution in [1.29, 1.82) is 0 Å². The molecule has 2 aromatic carbocycles. The third-order valence-electron chi connectivity index (χ3n) is 3.74. The molecule has 21 heavy (non-hydrogen) atoms. The summed E-state index contributed by atoms with van der Waals surface area (Å²) < 4.78 is 5.75. The zero-order valence-corrected chi connectivity index (χ0v) is 12.6. The fraction of sp³-hybridized carbons (Fsp3) is 0.333. The van der Waals surface area contributed by atoms with E-state index in [0.717, 1.165) is 16.9 Å². The van der Waals surface area contributed by atoms with E-state index in [-0.39, 0.29) is 18.1 Å². The molecule has 0 unspecified atom stereocenters. The number of ether oxygens (including phenoxy) is 1. The van der Waals surface area contributed by atoms with Gasteiger partial charge in [-0.25, -0.2) is 0 Å². The second-order valence-corrected chi connectivity index (χ2v) is 5.97. The van der Waals surface area contributed by atoms with E-state index in [1.807, 2.05) is 68.4 Å². The standard InChI is InChI=1S/C18H23NO2/c1-18(2,13-20)17(19)15-8-10-16(11-9-15)21-12-14-6-4-3-5-7-14/h3-11,17,20H,12-13,19H2,1-2H3/t17-/m1/s1. The lowest BCUT2D eigenvalue weighted by Crippen LogP contribution is -2.32. The molecule has 2 aromatic rings. The van der Waals surface area contributed by atoms with Crippen LogP contribution in [0.25, 0.3) is 0 Å². The van der Waals surface area contributed by atoms with Gasteiger partial charge in [-0.1, -0.05) is 56.3 Å². The SMILES string of the molecule is CC(C)(CO)[C@H](N)c1ccc(OCc2ccccc2)cc1. The first-order valence-corrected chi connectivity index (χ1v) is 7.16. The van der Waals surface area contributed by atoms with Crippen LogP contribution in [0.15, 0.2) is 54.6 Å². The van der Waals surface area contributed by atoms with Crippen LogP contribution in [0.5, 0.6) is 5.75 Å². The molecule has 0 radical (unpaired) electrons. The van der Waals surface area contributed by atoms with Crippen LogP contribution in [0.3, 0.4) is 0 Å². The molecule has 3 N–H and O–H groups in total. The zero-order chi connectivity index (χ0) is 15.3. The van der Waals surface area contributed by atoms with Crippen LogP contribution in [0.1, 0.15) is 31.0 Å². The average molecular weight is 285 g/mol. The van der Waals surface area contributed by atoms with Crippen molar-refractivity contribution >= 4 is 0 Å². The lowest BCUT2D eigenvalue weighted by atomic mass is 9.82. The summed E-state index contributed by atoms with van der Waals surface area (Å²) in [7, 11) is 0. The molecule has 0 spiro atoms. The van der Waals surface area contributed by atoms with E-state index in [0.29, 0.717) is 6.61 Å². The highest BCUT2D eigenvalue weighted by Crippen LogP contribution is 2.31. The van der Waals surface area contributed by atoms with Crippen LogP contribution in [0.2, 0.25) is 0 Å². The largest absolute Gasteiger partial charge is 0.489 e. The summed E-state index contributed by atoms with van der Waals surface area (Å²) in [4.78, 5) is 0. The lowest BCUT2D eigenvalue weighted by molar-refractivity contribution is 0.132. The average Bonchev–Trinajstić information content (AvgIpc) is 2.53. The maximum Gasteiger partial charge on any atom is 0.119 e. The molecular weight excluding hydrogens is 262 g/mol. The number of hydrogen-bond donors (Lipinski definition) is 2. The molecule has 112 valence electrons. The van der Waals surface area contributed by atoms with E-state index in [2.05, 4.69) is 0 Å². The molecule has 0 aromatic heterocycles. The van der Waals surface area contributed by atoms with Crippen LogP contribution in [0.4, 0.5) is 0 Å². The number of nitrogens with two attached hydrogens (primary N) is 1. The predicted octanol–water partition coefficient (Wildman–Crippen LogP) is 3.28. The van der Waals surface area contributed by atoms with E-state index in [1.165, 1.54) is 0 Å². The van der Waals surface area contributed by atoms with Crippen molar-refractivity contribution in [1.82, 2.24) is 0 Å². The van der Waals surface area contributed by atoms with Gasteiger partial charge in [0, 0.05) is 18.1 Å². The normalized spacial score (nSPS) is 13.0. The first-order chi connectivity index (χ1) is 10.0. The molecule has 0 aliphatic carbocycles. The van der Waals surface area contributed by atoms with Crippen molar-refractivity contribution < 1.29 is 9.84 Å². The topological polar surface area (TPSA) is 55.5 Å². The van der Waals surface area contributed by atoms with E-state index in [4.69, 9.17) is 10.5 Å². The highest BCUT2D eigenvalue weighted by atomic mass is 16.5. The van der Waals surface area contributed by atoms with E-state index >= 15 is 0 Å². The summed E-state index contributed by atoms with van der Waals surface area (Å²) in [5.41, 5.74) is 8.00. The van der Waals surface area contributed by atoms with Crippen molar-refractivity contribution in [3.05, 3.63) is 65.7 Å². The minimum Gasteiger partial charge on any atom is -0.489 e. The Balaban J connectivity index is 1.99. The Labute approximate surface area is 126 Å². The lowest BCUT2D eigenvalue weighted by Gasteiger charge is -2.29. The Bertz CT molecular complexity index is 549. The van der Waals surface area contributed by atoms with Gasteiger partial charge >= 0.3 is 0 Å². The fourth-order valence-electron chi connectivity index (χ4n) is 2.06. The third kappa shape index (κ3) is 4.06. The molecule has 2 rings (SSSR count). The minimum absolute atomic E-state index is 0.0560. The molecule has 0 aliphatic rings. The van der Waals surface area contributed by atoms with Gasteiger partial charge in [-0.2, -0.15) is 0 Å². The van der Waals surface area contributed by atoms with Gasteiger partial charge in [-0.15, -0.1) is 0 Å². The van der Waals surface area contributed by atoms with Gasteiger partial charge in [0.15, 0.2) is 0 Å². The van der Waals surface area contributed by atoms with Crippen LogP contribution < -0.4 is 10.5 Å². The molecule has 0 amide bonds. The van der Waals surface area contributed by atoms with Gasteiger partial charge in [0.2, 0.25) is 0 Å². The Morgan fingerprint density at radius 2 is 1.67 bits per heavy atom. The smallest absolute Gasteiger partial charge is 0.119 e. The molecule has 0 saturated heterocycles. The van der Waals surface area contributed by atoms with Crippen LogP contribution >= 0.6 is 0 Å². The molecule has 0 heterocycles. The van der Waals surface area contributed by atoms with Crippen LogP contribution in [0, 0.1) is 5.41 Å². The van der Waals surface area contributed by atoms with E-state index in [9.17, 15) is 5.11 Å².